The van der Waals surface area contributed by atoms with E-state index in [2.05, 4.69) is 54.1 Å². The number of ether oxygens (including phenoxy) is 1. The number of pyridine rings is 1. The molecule has 1 aromatic carbocycles. The fourth-order valence-electron chi connectivity index (χ4n) is 5.78. The van der Waals surface area contributed by atoms with Crippen molar-refractivity contribution in [2.75, 3.05) is 18.4 Å². The first-order valence-electron chi connectivity index (χ1n) is 13.2. The molecule has 40 heavy (non-hydrogen) atoms. The molecule has 1 amide bonds. The van der Waals surface area contributed by atoms with Gasteiger partial charge in [0, 0.05) is 67.9 Å². The van der Waals surface area contributed by atoms with Gasteiger partial charge in [0.05, 0.1) is 5.39 Å². The molecular formula is C29H27N9O2. The molecule has 2 aliphatic rings. The molecule has 1 fully saturated rings. The first kappa shape index (κ1) is 24.0. The molecule has 0 aliphatic carbocycles. The lowest BCUT2D eigenvalue weighted by Gasteiger charge is -2.18. The second kappa shape index (κ2) is 9.60. The van der Waals surface area contributed by atoms with Gasteiger partial charge >= 0.3 is 0 Å². The number of amides is 1. The minimum Gasteiger partial charge on any atom is -0.439 e. The van der Waals surface area contributed by atoms with Gasteiger partial charge in [0.25, 0.3) is 0 Å². The summed E-state index contributed by atoms with van der Waals surface area (Å²) in [6.45, 7) is 3.83. The molecule has 11 nitrogen and oxygen atoms in total. The lowest BCUT2D eigenvalue weighted by atomic mass is 9.92. The maximum Gasteiger partial charge on any atom is 0.248 e. The van der Waals surface area contributed by atoms with Crippen LogP contribution in [0.5, 0.6) is 11.6 Å². The summed E-state index contributed by atoms with van der Waals surface area (Å²) in [7, 11) is 2.05. The number of aryl methyl sites for hydroxylation is 2. The number of hydrogen-bond donors (Lipinski definition) is 1. The maximum absolute atomic E-state index is 13.0. The minimum absolute atomic E-state index is 0.0447. The van der Waals surface area contributed by atoms with E-state index < -0.39 is 0 Å². The second-order valence-corrected chi connectivity index (χ2v) is 10.1. The lowest BCUT2D eigenvalue weighted by Crippen LogP contribution is -2.27. The molecule has 200 valence electrons. The van der Waals surface area contributed by atoms with Gasteiger partial charge in [0.1, 0.15) is 36.2 Å². The Balaban J connectivity index is 1.25. The van der Waals surface area contributed by atoms with Crippen molar-refractivity contribution in [3.8, 4) is 22.8 Å². The van der Waals surface area contributed by atoms with Crippen LogP contribution in [0.3, 0.4) is 0 Å². The normalized spacial score (nSPS) is 16.2. The molecule has 7 rings (SSSR count). The Bertz CT molecular complexity index is 1770. The number of nitrogens with zero attached hydrogens (tertiary/aromatic N) is 8. The smallest absolute Gasteiger partial charge is 0.248 e. The standard InChI is InChI=1S/C29H27N9O2/c1-18-4-3-5-23(35-18)40-21-6-7-22-20(12-21)13-31-28-26-25(22)27(36(2)29(26)33-16-32-28)19-8-10-37(14-19)24(39)9-11-38-17-30-15-34-38/h3-7,9,11-12,15-17,19H,8,10,13-14H2,1-2H3,(H,31,32,33)/b11-9+. The van der Waals surface area contributed by atoms with Gasteiger partial charge in [-0.2, -0.15) is 5.10 Å². The summed E-state index contributed by atoms with van der Waals surface area (Å²) in [5.41, 5.74) is 6.26. The Labute approximate surface area is 230 Å². The fraction of sp³-hybridized carbons (Fsp3) is 0.241. The van der Waals surface area contributed by atoms with Crippen molar-refractivity contribution in [1.82, 2.24) is 39.2 Å². The van der Waals surface area contributed by atoms with Gasteiger partial charge in [-0.3, -0.25) is 4.79 Å². The monoisotopic (exact) mass is 533 g/mol. The van der Waals surface area contributed by atoms with Gasteiger partial charge in [0.15, 0.2) is 0 Å². The van der Waals surface area contributed by atoms with Crippen LogP contribution < -0.4 is 10.1 Å². The van der Waals surface area contributed by atoms with Crippen molar-refractivity contribution in [2.45, 2.75) is 25.8 Å². The zero-order chi connectivity index (χ0) is 27.2. The van der Waals surface area contributed by atoms with Crippen molar-refractivity contribution in [3.63, 3.8) is 0 Å². The van der Waals surface area contributed by atoms with Gasteiger partial charge in [0.2, 0.25) is 11.8 Å². The Morgan fingerprint density at radius 3 is 2.95 bits per heavy atom. The highest BCUT2D eigenvalue weighted by Crippen LogP contribution is 2.46. The van der Waals surface area contributed by atoms with E-state index in [1.54, 1.807) is 24.9 Å². The van der Waals surface area contributed by atoms with E-state index in [-0.39, 0.29) is 11.8 Å². The third-order valence-electron chi connectivity index (χ3n) is 7.58. The molecule has 1 atom stereocenters. The van der Waals surface area contributed by atoms with Crippen LogP contribution in [-0.2, 0) is 18.4 Å². The fourth-order valence-corrected chi connectivity index (χ4v) is 5.78. The van der Waals surface area contributed by atoms with Crippen molar-refractivity contribution in [1.29, 1.82) is 0 Å². The summed E-state index contributed by atoms with van der Waals surface area (Å²) >= 11 is 0. The topological polar surface area (TPSA) is 116 Å². The van der Waals surface area contributed by atoms with E-state index in [4.69, 9.17) is 4.74 Å². The molecule has 0 bridgehead atoms. The summed E-state index contributed by atoms with van der Waals surface area (Å²) in [4.78, 5) is 32.5. The number of rotatable bonds is 5. The van der Waals surface area contributed by atoms with Gasteiger partial charge in [-0.15, -0.1) is 0 Å². The molecule has 6 heterocycles. The van der Waals surface area contributed by atoms with E-state index in [0.29, 0.717) is 25.5 Å². The van der Waals surface area contributed by atoms with E-state index in [0.717, 1.165) is 57.1 Å². The average molecular weight is 534 g/mol. The first-order valence-corrected chi connectivity index (χ1v) is 13.2. The summed E-state index contributed by atoms with van der Waals surface area (Å²) in [5.74, 6) is 2.19. The molecule has 1 unspecified atom stereocenters. The molecule has 11 heteroatoms. The van der Waals surface area contributed by atoms with Crippen LogP contribution in [0.4, 0.5) is 5.82 Å². The van der Waals surface area contributed by atoms with Crippen LogP contribution in [0.1, 0.15) is 29.3 Å². The van der Waals surface area contributed by atoms with Crippen LogP contribution in [-0.4, -0.2) is 58.2 Å². The van der Waals surface area contributed by atoms with Crippen molar-refractivity contribution in [3.05, 3.63) is 78.4 Å². The predicted octanol–water partition coefficient (Wildman–Crippen LogP) is 4.13. The number of carbonyl (C=O) groups excluding carboxylic acids is 1. The molecule has 2 aliphatic heterocycles. The van der Waals surface area contributed by atoms with E-state index >= 15 is 0 Å². The molecule has 5 aromatic rings. The Morgan fingerprint density at radius 2 is 2.10 bits per heavy atom. The first-order chi connectivity index (χ1) is 19.5. The Morgan fingerprint density at radius 1 is 1.18 bits per heavy atom. The summed E-state index contributed by atoms with van der Waals surface area (Å²) < 4.78 is 9.79. The molecule has 4 aromatic heterocycles. The van der Waals surface area contributed by atoms with Crippen molar-refractivity contribution >= 4 is 29.0 Å². The predicted molar refractivity (Wildman–Crippen MR) is 150 cm³/mol. The summed E-state index contributed by atoms with van der Waals surface area (Å²) in [6.07, 6.45) is 8.62. The third kappa shape index (κ3) is 4.15. The minimum atomic E-state index is -0.0447. The Hall–Kier alpha value is -5.06. The van der Waals surface area contributed by atoms with E-state index in [9.17, 15) is 4.79 Å². The third-order valence-corrected chi connectivity index (χ3v) is 7.58. The maximum atomic E-state index is 13.0. The second-order valence-electron chi connectivity index (χ2n) is 10.1. The van der Waals surface area contributed by atoms with Crippen LogP contribution in [0.25, 0.3) is 28.4 Å². The number of fused-ring (bicyclic) bond motifs is 2. The quantitative estimate of drug-likeness (QED) is 0.335. The van der Waals surface area contributed by atoms with Crippen LogP contribution in [0.2, 0.25) is 0 Å². The van der Waals surface area contributed by atoms with E-state index in [1.165, 1.54) is 11.0 Å². The van der Waals surface area contributed by atoms with Gasteiger partial charge < -0.3 is 19.5 Å². The van der Waals surface area contributed by atoms with Crippen LogP contribution >= 0.6 is 0 Å². The molecule has 0 radical (unpaired) electrons. The number of likely N-dealkylation sites (tertiary alicyclic amines) is 1. The zero-order valence-electron chi connectivity index (χ0n) is 22.2. The summed E-state index contributed by atoms with van der Waals surface area (Å²) in [5, 5.41) is 8.54. The largest absolute Gasteiger partial charge is 0.439 e. The van der Waals surface area contributed by atoms with Gasteiger partial charge in [-0.05, 0) is 42.7 Å². The molecule has 1 saturated heterocycles. The zero-order valence-corrected chi connectivity index (χ0v) is 22.2. The van der Waals surface area contributed by atoms with Crippen molar-refractivity contribution in [2.24, 2.45) is 7.05 Å². The number of nitrogens with one attached hydrogen (secondary N) is 1. The van der Waals surface area contributed by atoms with Crippen LogP contribution in [0, 0.1) is 6.92 Å². The van der Waals surface area contributed by atoms with Crippen LogP contribution in [0.15, 0.2) is 61.5 Å². The molecule has 0 saturated carbocycles. The summed E-state index contributed by atoms with van der Waals surface area (Å²) in [6, 6.07) is 11.9. The molecular weight excluding hydrogens is 506 g/mol. The molecule has 0 spiro atoms. The lowest BCUT2D eigenvalue weighted by molar-refractivity contribution is -0.125. The van der Waals surface area contributed by atoms with Gasteiger partial charge in [-0.1, -0.05) is 12.1 Å². The average Bonchev–Trinajstić information content (AvgIpc) is 3.69. The number of anilines is 1. The SMILES string of the molecule is Cc1cccc(Oc2ccc3c(c2)CNc2ncnc4c2c-3c(C2CCN(C(=O)/C=C/n3cncn3)C2)n4C)n1. The number of carbonyl (C=O) groups is 1. The Kier molecular flexibility index (Phi) is 5.76. The van der Waals surface area contributed by atoms with Crippen molar-refractivity contribution < 1.29 is 9.53 Å². The molecule has 1 N–H and O–H groups in total. The highest BCUT2D eigenvalue weighted by atomic mass is 16.5. The van der Waals surface area contributed by atoms with E-state index in [1.807, 2.05) is 36.1 Å². The number of benzene rings is 1. The highest BCUT2D eigenvalue weighted by Gasteiger charge is 2.34. The van der Waals surface area contributed by atoms with Gasteiger partial charge in [-0.25, -0.2) is 24.6 Å². The highest BCUT2D eigenvalue weighted by molar-refractivity contribution is 6.05. The number of aromatic nitrogens is 7. The number of hydrogen-bond acceptors (Lipinski definition) is 8.